The first-order chi connectivity index (χ1) is 8.54. The number of nitrogens with one attached hydrogen (secondary N) is 1. The third-order valence-corrected chi connectivity index (χ3v) is 3.66. The Morgan fingerprint density at radius 2 is 2.28 bits per heavy atom. The van der Waals surface area contributed by atoms with E-state index in [0.29, 0.717) is 6.04 Å². The zero-order valence-electron chi connectivity index (χ0n) is 12.1. The molecule has 1 aliphatic heterocycles. The van der Waals surface area contributed by atoms with Crippen molar-refractivity contribution in [3.63, 3.8) is 0 Å². The lowest BCUT2D eigenvalue weighted by Crippen LogP contribution is -2.22. The molecule has 0 radical (unpaired) electrons. The van der Waals surface area contributed by atoms with Crippen LogP contribution in [-0.4, -0.2) is 24.0 Å². The van der Waals surface area contributed by atoms with Crippen LogP contribution in [0.15, 0.2) is 10.5 Å². The summed E-state index contributed by atoms with van der Waals surface area (Å²) in [4.78, 5) is 2.49. The SMILES string of the molecule is Cc1oc(CN2CCC(C)C2)cc1CNC(C)C. The lowest BCUT2D eigenvalue weighted by molar-refractivity contribution is 0.286. The van der Waals surface area contributed by atoms with Crippen LogP contribution < -0.4 is 5.32 Å². The van der Waals surface area contributed by atoms with Crippen LogP contribution >= 0.6 is 0 Å². The van der Waals surface area contributed by atoms with Crippen molar-refractivity contribution in [3.05, 3.63) is 23.2 Å². The largest absolute Gasteiger partial charge is 0.465 e. The van der Waals surface area contributed by atoms with E-state index in [1.54, 1.807) is 0 Å². The van der Waals surface area contributed by atoms with Crippen molar-refractivity contribution < 1.29 is 4.42 Å². The van der Waals surface area contributed by atoms with Gasteiger partial charge in [-0.25, -0.2) is 0 Å². The van der Waals surface area contributed by atoms with Crippen molar-refractivity contribution >= 4 is 0 Å². The Morgan fingerprint density at radius 1 is 1.50 bits per heavy atom. The van der Waals surface area contributed by atoms with Crippen molar-refractivity contribution in [1.82, 2.24) is 10.2 Å². The average Bonchev–Trinajstić information content (AvgIpc) is 2.83. The van der Waals surface area contributed by atoms with Crippen LogP contribution in [0.2, 0.25) is 0 Å². The van der Waals surface area contributed by atoms with Gasteiger partial charge in [0.15, 0.2) is 0 Å². The molecule has 1 fully saturated rings. The van der Waals surface area contributed by atoms with Crippen molar-refractivity contribution in [3.8, 4) is 0 Å². The Hall–Kier alpha value is -0.800. The summed E-state index contributed by atoms with van der Waals surface area (Å²) in [5.74, 6) is 3.01. The fourth-order valence-corrected chi connectivity index (χ4v) is 2.55. The van der Waals surface area contributed by atoms with Gasteiger partial charge in [0.05, 0.1) is 6.54 Å². The highest BCUT2D eigenvalue weighted by Gasteiger charge is 2.20. The molecule has 3 heteroatoms. The van der Waals surface area contributed by atoms with Crippen LogP contribution in [0.3, 0.4) is 0 Å². The number of furan rings is 1. The van der Waals surface area contributed by atoms with Crippen LogP contribution in [0.1, 0.15) is 44.3 Å². The van der Waals surface area contributed by atoms with Gasteiger partial charge in [-0.15, -0.1) is 0 Å². The third kappa shape index (κ3) is 3.59. The summed E-state index contributed by atoms with van der Waals surface area (Å²) in [7, 11) is 0. The minimum Gasteiger partial charge on any atom is -0.465 e. The molecule has 0 amide bonds. The Bertz CT molecular complexity index is 384. The Balaban J connectivity index is 1.91. The smallest absolute Gasteiger partial charge is 0.118 e. The number of rotatable bonds is 5. The minimum absolute atomic E-state index is 0.516. The van der Waals surface area contributed by atoms with Gasteiger partial charge in [-0.3, -0.25) is 4.90 Å². The van der Waals surface area contributed by atoms with Gasteiger partial charge < -0.3 is 9.73 Å². The molecule has 0 saturated carbocycles. The predicted molar refractivity (Wildman–Crippen MR) is 74.5 cm³/mol. The number of nitrogens with zero attached hydrogens (tertiary/aromatic N) is 1. The Labute approximate surface area is 111 Å². The van der Waals surface area contributed by atoms with E-state index in [1.807, 2.05) is 0 Å². The van der Waals surface area contributed by atoms with Gasteiger partial charge in [-0.2, -0.15) is 0 Å². The maximum Gasteiger partial charge on any atom is 0.118 e. The highest BCUT2D eigenvalue weighted by atomic mass is 16.3. The molecular weight excluding hydrogens is 224 g/mol. The van der Waals surface area contributed by atoms with Crippen molar-refractivity contribution in [2.24, 2.45) is 5.92 Å². The van der Waals surface area contributed by atoms with Crippen LogP contribution in [0, 0.1) is 12.8 Å². The molecule has 1 saturated heterocycles. The van der Waals surface area contributed by atoms with Crippen LogP contribution in [0.5, 0.6) is 0 Å². The van der Waals surface area contributed by atoms with E-state index in [4.69, 9.17) is 4.42 Å². The van der Waals surface area contributed by atoms with Gasteiger partial charge in [0.1, 0.15) is 11.5 Å². The van der Waals surface area contributed by atoms with E-state index in [2.05, 4.69) is 44.0 Å². The van der Waals surface area contributed by atoms with E-state index in [-0.39, 0.29) is 0 Å². The molecule has 0 aromatic carbocycles. The molecule has 18 heavy (non-hydrogen) atoms. The van der Waals surface area contributed by atoms with Crippen molar-refractivity contribution in [2.45, 2.75) is 53.2 Å². The lowest BCUT2D eigenvalue weighted by atomic mass is 10.2. The van der Waals surface area contributed by atoms with E-state index < -0.39 is 0 Å². The number of hydrogen-bond acceptors (Lipinski definition) is 3. The van der Waals surface area contributed by atoms with E-state index in [9.17, 15) is 0 Å². The molecule has 1 aromatic heterocycles. The average molecular weight is 250 g/mol. The number of hydrogen-bond donors (Lipinski definition) is 1. The molecule has 0 aliphatic carbocycles. The molecule has 0 bridgehead atoms. The van der Waals surface area contributed by atoms with Gasteiger partial charge in [0, 0.05) is 24.7 Å². The van der Waals surface area contributed by atoms with E-state index >= 15 is 0 Å². The summed E-state index contributed by atoms with van der Waals surface area (Å²) in [5, 5.41) is 3.44. The van der Waals surface area contributed by atoms with Crippen molar-refractivity contribution in [1.29, 1.82) is 0 Å². The molecule has 1 atom stereocenters. The molecule has 3 nitrogen and oxygen atoms in total. The molecule has 102 valence electrons. The van der Waals surface area contributed by atoms with Gasteiger partial charge in [-0.05, 0) is 31.9 Å². The normalized spacial score (nSPS) is 21.1. The molecular formula is C15H26N2O. The summed E-state index contributed by atoms with van der Waals surface area (Å²) in [6, 6.07) is 2.73. The standard InChI is InChI=1S/C15H26N2O/c1-11(2)16-8-14-7-15(18-13(14)4)10-17-6-5-12(3)9-17/h7,11-12,16H,5-6,8-10H2,1-4H3. The van der Waals surface area contributed by atoms with Gasteiger partial charge >= 0.3 is 0 Å². The summed E-state index contributed by atoms with van der Waals surface area (Å²) in [5.41, 5.74) is 1.30. The Kier molecular flexibility index (Phi) is 4.46. The summed E-state index contributed by atoms with van der Waals surface area (Å²) >= 11 is 0. The van der Waals surface area contributed by atoms with Crippen LogP contribution in [-0.2, 0) is 13.1 Å². The fraction of sp³-hybridized carbons (Fsp3) is 0.733. The first-order valence-electron chi connectivity index (χ1n) is 7.08. The second-order valence-electron chi connectivity index (χ2n) is 5.96. The summed E-state index contributed by atoms with van der Waals surface area (Å²) in [6.07, 6.45) is 1.32. The highest BCUT2D eigenvalue weighted by Crippen LogP contribution is 2.21. The van der Waals surface area contributed by atoms with Gasteiger partial charge in [-0.1, -0.05) is 20.8 Å². The number of aryl methyl sites for hydroxylation is 1. The van der Waals surface area contributed by atoms with Crippen molar-refractivity contribution in [2.75, 3.05) is 13.1 Å². The topological polar surface area (TPSA) is 28.4 Å². The van der Waals surface area contributed by atoms with Gasteiger partial charge in [0.25, 0.3) is 0 Å². The maximum absolute atomic E-state index is 5.86. The Morgan fingerprint density at radius 3 is 2.89 bits per heavy atom. The third-order valence-electron chi connectivity index (χ3n) is 3.66. The second kappa shape index (κ2) is 5.89. The summed E-state index contributed by atoms with van der Waals surface area (Å²) in [6.45, 7) is 13.0. The lowest BCUT2D eigenvalue weighted by Gasteiger charge is -2.12. The molecule has 1 aromatic rings. The zero-order chi connectivity index (χ0) is 13.1. The zero-order valence-corrected chi connectivity index (χ0v) is 12.1. The second-order valence-corrected chi connectivity index (χ2v) is 5.96. The molecule has 2 heterocycles. The first kappa shape index (κ1) is 13.6. The maximum atomic E-state index is 5.86. The van der Waals surface area contributed by atoms with E-state index in [1.165, 1.54) is 25.1 Å². The quantitative estimate of drug-likeness (QED) is 0.871. The molecule has 2 rings (SSSR count). The number of likely N-dealkylation sites (tertiary alicyclic amines) is 1. The van der Waals surface area contributed by atoms with Gasteiger partial charge in [0.2, 0.25) is 0 Å². The molecule has 1 N–H and O–H groups in total. The highest BCUT2D eigenvalue weighted by molar-refractivity contribution is 5.20. The fourth-order valence-electron chi connectivity index (χ4n) is 2.55. The van der Waals surface area contributed by atoms with E-state index in [0.717, 1.165) is 30.5 Å². The minimum atomic E-state index is 0.516. The molecule has 1 aliphatic rings. The monoisotopic (exact) mass is 250 g/mol. The first-order valence-corrected chi connectivity index (χ1v) is 7.08. The summed E-state index contributed by atoms with van der Waals surface area (Å²) < 4.78 is 5.86. The van der Waals surface area contributed by atoms with Crippen LogP contribution in [0.4, 0.5) is 0 Å². The van der Waals surface area contributed by atoms with Crippen LogP contribution in [0.25, 0.3) is 0 Å². The predicted octanol–water partition coefficient (Wildman–Crippen LogP) is 2.93. The molecule has 0 spiro atoms. The molecule has 1 unspecified atom stereocenters.